The van der Waals surface area contributed by atoms with Crippen LogP contribution in [-0.4, -0.2) is 15.0 Å². The molecule has 4 nitrogen and oxygen atoms in total. The number of aromatic amines is 1. The van der Waals surface area contributed by atoms with Gasteiger partial charge in [-0.25, -0.2) is 0 Å². The molecule has 0 fully saturated rings. The second kappa shape index (κ2) is 3.18. The number of rotatable bonds is 1. The highest BCUT2D eigenvalue weighted by Gasteiger charge is 1.96. The van der Waals surface area contributed by atoms with Crippen LogP contribution in [0.1, 0.15) is 0 Å². The van der Waals surface area contributed by atoms with Gasteiger partial charge in [0.1, 0.15) is 0 Å². The first kappa shape index (κ1) is 7.67. The zero-order valence-electron chi connectivity index (χ0n) is 6.77. The van der Waals surface area contributed by atoms with Crippen LogP contribution in [0.3, 0.4) is 0 Å². The van der Waals surface area contributed by atoms with Crippen LogP contribution in [0, 0.1) is 0 Å². The summed E-state index contributed by atoms with van der Waals surface area (Å²) in [5.74, 6) is 0. The smallest absolute Gasteiger partial charge is 0.266 e. The van der Waals surface area contributed by atoms with Crippen molar-refractivity contribution in [3.8, 4) is 11.3 Å². The van der Waals surface area contributed by atoms with E-state index in [9.17, 15) is 4.79 Å². The summed E-state index contributed by atoms with van der Waals surface area (Å²) in [4.78, 5) is 21.3. The van der Waals surface area contributed by atoms with Crippen LogP contribution in [0.25, 0.3) is 11.3 Å². The van der Waals surface area contributed by atoms with Gasteiger partial charge in [0.15, 0.2) is 0 Å². The van der Waals surface area contributed by atoms with E-state index < -0.39 is 0 Å². The second-order valence-corrected chi connectivity index (χ2v) is 2.55. The maximum atomic E-state index is 10.9. The van der Waals surface area contributed by atoms with Gasteiger partial charge in [0.2, 0.25) is 0 Å². The maximum absolute atomic E-state index is 10.9. The van der Waals surface area contributed by atoms with Gasteiger partial charge >= 0.3 is 0 Å². The third kappa shape index (κ3) is 1.61. The standard InChI is InChI=1S/C9H7N3O/c13-9-6-11-5-8(12-9)7-1-3-10-4-2-7/h1-6H,(H,12,13). The average molecular weight is 173 g/mol. The van der Waals surface area contributed by atoms with Crippen LogP contribution in [0.4, 0.5) is 0 Å². The fourth-order valence-electron chi connectivity index (χ4n) is 1.05. The van der Waals surface area contributed by atoms with E-state index in [2.05, 4.69) is 15.0 Å². The molecule has 0 bridgehead atoms. The summed E-state index contributed by atoms with van der Waals surface area (Å²) < 4.78 is 0. The molecule has 2 aromatic heterocycles. The Hall–Kier alpha value is -1.97. The molecule has 2 heterocycles. The topological polar surface area (TPSA) is 58.6 Å². The van der Waals surface area contributed by atoms with Gasteiger partial charge in [0.25, 0.3) is 5.56 Å². The van der Waals surface area contributed by atoms with Crippen LogP contribution >= 0.6 is 0 Å². The van der Waals surface area contributed by atoms with Gasteiger partial charge < -0.3 is 4.98 Å². The zero-order valence-corrected chi connectivity index (χ0v) is 6.77. The number of nitrogens with one attached hydrogen (secondary N) is 1. The lowest BCUT2D eigenvalue weighted by atomic mass is 10.2. The van der Waals surface area contributed by atoms with Gasteiger partial charge in [-0.1, -0.05) is 0 Å². The second-order valence-electron chi connectivity index (χ2n) is 2.55. The molecule has 0 saturated carbocycles. The monoisotopic (exact) mass is 173 g/mol. The Morgan fingerprint density at radius 1 is 1.08 bits per heavy atom. The maximum Gasteiger partial charge on any atom is 0.266 e. The molecule has 0 spiro atoms. The molecule has 0 unspecified atom stereocenters. The van der Waals surface area contributed by atoms with Gasteiger partial charge in [-0.05, 0) is 12.1 Å². The highest BCUT2D eigenvalue weighted by molar-refractivity contribution is 5.56. The van der Waals surface area contributed by atoms with Gasteiger partial charge in [0, 0.05) is 18.0 Å². The molecule has 0 aliphatic heterocycles. The Bertz CT molecular complexity index is 450. The predicted octanol–water partition coefficient (Wildman–Crippen LogP) is 0.832. The number of hydrogen-bond acceptors (Lipinski definition) is 3. The predicted molar refractivity (Wildman–Crippen MR) is 48.1 cm³/mol. The Morgan fingerprint density at radius 2 is 1.85 bits per heavy atom. The van der Waals surface area contributed by atoms with Crippen molar-refractivity contribution in [3.63, 3.8) is 0 Å². The molecule has 0 aliphatic carbocycles. The summed E-state index contributed by atoms with van der Waals surface area (Å²) in [6.07, 6.45) is 6.18. The lowest BCUT2D eigenvalue weighted by Crippen LogP contribution is -2.05. The van der Waals surface area contributed by atoms with Gasteiger partial charge in [-0.15, -0.1) is 0 Å². The van der Waals surface area contributed by atoms with Gasteiger partial charge in [-0.3, -0.25) is 14.8 Å². The number of aromatic nitrogens is 3. The number of nitrogens with zero attached hydrogens (tertiary/aromatic N) is 2. The van der Waals surface area contributed by atoms with Crippen molar-refractivity contribution in [1.29, 1.82) is 0 Å². The molecule has 0 amide bonds. The summed E-state index contributed by atoms with van der Waals surface area (Å²) in [5.41, 5.74) is 1.41. The summed E-state index contributed by atoms with van der Waals surface area (Å²) in [7, 11) is 0. The van der Waals surface area contributed by atoms with E-state index in [-0.39, 0.29) is 5.56 Å². The average Bonchev–Trinajstić information content (AvgIpc) is 2.19. The summed E-state index contributed by atoms with van der Waals surface area (Å²) >= 11 is 0. The molecule has 4 heteroatoms. The first-order valence-corrected chi connectivity index (χ1v) is 3.81. The molecule has 1 N–H and O–H groups in total. The van der Waals surface area contributed by atoms with Crippen molar-refractivity contribution in [2.75, 3.05) is 0 Å². The highest BCUT2D eigenvalue weighted by atomic mass is 16.1. The van der Waals surface area contributed by atoms with Crippen molar-refractivity contribution in [2.45, 2.75) is 0 Å². The van der Waals surface area contributed by atoms with E-state index >= 15 is 0 Å². The van der Waals surface area contributed by atoms with E-state index in [4.69, 9.17) is 0 Å². The van der Waals surface area contributed by atoms with Gasteiger partial charge in [-0.2, -0.15) is 0 Å². The Labute approximate surface area is 74.3 Å². The molecular weight excluding hydrogens is 166 g/mol. The number of hydrogen-bond donors (Lipinski definition) is 1. The fraction of sp³-hybridized carbons (Fsp3) is 0. The van der Waals surface area contributed by atoms with Crippen molar-refractivity contribution >= 4 is 0 Å². The van der Waals surface area contributed by atoms with Crippen LogP contribution in [0.2, 0.25) is 0 Å². The van der Waals surface area contributed by atoms with Crippen molar-refractivity contribution in [2.24, 2.45) is 0 Å². The lowest BCUT2D eigenvalue weighted by molar-refractivity contribution is 1.14. The normalized spacial score (nSPS) is 9.85. The molecule has 0 aliphatic rings. The van der Waals surface area contributed by atoms with E-state index in [1.165, 1.54) is 6.20 Å². The minimum absolute atomic E-state index is 0.200. The molecule has 13 heavy (non-hydrogen) atoms. The minimum Gasteiger partial charge on any atom is -0.319 e. The van der Waals surface area contributed by atoms with Crippen LogP contribution < -0.4 is 5.56 Å². The molecule has 64 valence electrons. The minimum atomic E-state index is -0.200. The number of pyridine rings is 1. The third-order valence-electron chi connectivity index (χ3n) is 1.64. The molecule has 0 radical (unpaired) electrons. The largest absolute Gasteiger partial charge is 0.319 e. The van der Waals surface area contributed by atoms with Crippen molar-refractivity contribution < 1.29 is 0 Å². The van der Waals surface area contributed by atoms with Crippen molar-refractivity contribution in [3.05, 3.63) is 47.3 Å². The Morgan fingerprint density at radius 3 is 2.54 bits per heavy atom. The molecule has 0 aromatic carbocycles. The van der Waals surface area contributed by atoms with E-state index in [1.807, 2.05) is 12.1 Å². The van der Waals surface area contributed by atoms with Crippen LogP contribution in [-0.2, 0) is 0 Å². The lowest BCUT2D eigenvalue weighted by Gasteiger charge is -1.97. The molecule has 0 saturated heterocycles. The zero-order chi connectivity index (χ0) is 9.10. The van der Waals surface area contributed by atoms with E-state index in [0.717, 1.165) is 5.56 Å². The third-order valence-corrected chi connectivity index (χ3v) is 1.64. The summed E-state index contributed by atoms with van der Waals surface area (Å²) in [5, 5.41) is 0. The van der Waals surface area contributed by atoms with E-state index in [0.29, 0.717) is 5.69 Å². The quantitative estimate of drug-likeness (QED) is 0.694. The van der Waals surface area contributed by atoms with Crippen LogP contribution in [0.5, 0.6) is 0 Å². The molecule has 2 aromatic rings. The summed E-state index contributed by atoms with van der Waals surface area (Å²) in [6.45, 7) is 0. The highest BCUT2D eigenvalue weighted by Crippen LogP contribution is 2.11. The Balaban J connectivity index is 2.54. The van der Waals surface area contributed by atoms with E-state index in [1.54, 1.807) is 18.6 Å². The summed E-state index contributed by atoms with van der Waals surface area (Å²) in [6, 6.07) is 3.62. The van der Waals surface area contributed by atoms with Crippen LogP contribution in [0.15, 0.2) is 41.7 Å². The van der Waals surface area contributed by atoms with Crippen molar-refractivity contribution in [1.82, 2.24) is 15.0 Å². The van der Waals surface area contributed by atoms with Gasteiger partial charge in [0.05, 0.1) is 18.1 Å². The fourth-order valence-corrected chi connectivity index (χ4v) is 1.05. The first-order chi connectivity index (χ1) is 6.36. The molecule has 0 atom stereocenters. The molecule has 2 rings (SSSR count). The first-order valence-electron chi connectivity index (χ1n) is 3.81. The SMILES string of the molecule is O=c1cncc(-c2ccncc2)[nH]1. The number of H-pyrrole nitrogens is 1. The Kier molecular flexibility index (Phi) is 1.88. The molecular formula is C9H7N3O.